The van der Waals surface area contributed by atoms with E-state index in [1.165, 1.54) is 6.07 Å². The van der Waals surface area contributed by atoms with E-state index in [1.807, 2.05) is 42.5 Å². The number of aromatic hydroxyl groups is 1. The van der Waals surface area contributed by atoms with Crippen molar-refractivity contribution in [1.82, 2.24) is 4.90 Å². The molecule has 0 heterocycles. The predicted octanol–water partition coefficient (Wildman–Crippen LogP) is 3.39. The molecule has 0 saturated carbocycles. The van der Waals surface area contributed by atoms with Crippen LogP contribution in [0.25, 0.3) is 0 Å². The normalized spacial score (nSPS) is 11.9. The third kappa shape index (κ3) is 9.76. The van der Waals surface area contributed by atoms with Gasteiger partial charge in [0, 0.05) is 20.2 Å². The number of primary amides is 1. The van der Waals surface area contributed by atoms with Crippen LogP contribution in [0.3, 0.4) is 0 Å². The van der Waals surface area contributed by atoms with Gasteiger partial charge in [-0.15, -0.1) is 0 Å². The van der Waals surface area contributed by atoms with Gasteiger partial charge in [-0.1, -0.05) is 36.4 Å². The van der Waals surface area contributed by atoms with Gasteiger partial charge in [-0.25, -0.2) is 0 Å². The average molecular weight is 509 g/mol. The number of nitrogens with zero attached hydrogens (tertiary/aromatic N) is 1. The molecule has 3 aromatic rings. The van der Waals surface area contributed by atoms with Crippen LogP contribution in [-0.4, -0.2) is 67.1 Å². The molecule has 0 bridgehead atoms. The Kier molecular flexibility index (Phi) is 11.2. The van der Waals surface area contributed by atoms with E-state index in [9.17, 15) is 15.0 Å². The highest BCUT2D eigenvalue weighted by Gasteiger charge is 2.14. The van der Waals surface area contributed by atoms with Crippen LogP contribution in [0.2, 0.25) is 0 Å². The fraction of sp³-hybridized carbons (Fsp3) is 0.345. The highest BCUT2D eigenvalue weighted by molar-refractivity contribution is 5.95. The van der Waals surface area contributed by atoms with E-state index in [2.05, 4.69) is 17.0 Å². The summed E-state index contributed by atoms with van der Waals surface area (Å²) in [6.07, 6.45) is 0.821. The Labute approximate surface area is 218 Å². The van der Waals surface area contributed by atoms with Gasteiger partial charge in [0.25, 0.3) is 5.91 Å². The summed E-state index contributed by atoms with van der Waals surface area (Å²) in [6, 6.07) is 22.3. The number of ether oxygens (including phenoxy) is 3. The van der Waals surface area contributed by atoms with Gasteiger partial charge in [0.05, 0.1) is 12.2 Å². The van der Waals surface area contributed by atoms with Crippen molar-refractivity contribution in [2.24, 2.45) is 5.73 Å². The first kappa shape index (κ1) is 28.0. The molecule has 0 spiro atoms. The van der Waals surface area contributed by atoms with E-state index in [0.717, 1.165) is 29.8 Å². The van der Waals surface area contributed by atoms with Gasteiger partial charge in [0.15, 0.2) is 0 Å². The molecule has 0 aromatic heterocycles. The number of aliphatic hydroxyl groups is 1. The highest BCUT2D eigenvalue weighted by Crippen LogP contribution is 2.20. The number of methoxy groups -OCH3 is 1. The van der Waals surface area contributed by atoms with Crippen molar-refractivity contribution in [1.29, 1.82) is 0 Å². The molecular formula is C29H36N2O6. The molecule has 1 atom stereocenters. The minimum atomic E-state index is -0.684. The lowest BCUT2D eigenvalue weighted by atomic mass is 10.0. The minimum absolute atomic E-state index is 0.113. The summed E-state index contributed by atoms with van der Waals surface area (Å²) in [5, 5.41) is 20.5. The molecule has 1 unspecified atom stereocenters. The Morgan fingerprint density at radius 2 is 1.65 bits per heavy atom. The summed E-state index contributed by atoms with van der Waals surface area (Å²) in [5.41, 5.74) is 7.55. The van der Waals surface area contributed by atoms with Crippen LogP contribution in [0.4, 0.5) is 0 Å². The third-order valence-electron chi connectivity index (χ3n) is 5.81. The SMILES string of the molecule is COCCOc1ccc(OCC(O)CN(CCCc2ccc(O)c(C(N)=O)c2)Cc2ccccc2)cc1. The highest BCUT2D eigenvalue weighted by atomic mass is 16.5. The van der Waals surface area contributed by atoms with Gasteiger partial charge in [0.2, 0.25) is 0 Å². The predicted molar refractivity (Wildman–Crippen MR) is 142 cm³/mol. The quantitative estimate of drug-likeness (QED) is 0.254. The number of hydrogen-bond donors (Lipinski definition) is 3. The van der Waals surface area contributed by atoms with E-state index in [-0.39, 0.29) is 17.9 Å². The zero-order valence-electron chi connectivity index (χ0n) is 21.2. The number of carbonyl (C=O) groups is 1. The number of hydrogen-bond acceptors (Lipinski definition) is 7. The molecule has 0 aliphatic heterocycles. The van der Waals surface area contributed by atoms with Gasteiger partial charge in [-0.2, -0.15) is 0 Å². The number of aliphatic hydroxyl groups excluding tert-OH is 1. The number of phenols is 1. The maximum Gasteiger partial charge on any atom is 0.252 e. The fourth-order valence-electron chi connectivity index (χ4n) is 3.94. The Balaban J connectivity index is 1.53. The number of nitrogens with two attached hydrogens (primary N) is 1. The second-order valence-corrected chi connectivity index (χ2v) is 8.82. The van der Waals surface area contributed by atoms with Crippen LogP contribution < -0.4 is 15.2 Å². The molecule has 8 heteroatoms. The molecule has 37 heavy (non-hydrogen) atoms. The topological polar surface area (TPSA) is 114 Å². The molecule has 1 amide bonds. The smallest absolute Gasteiger partial charge is 0.252 e. The summed E-state index contributed by atoms with van der Waals surface area (Å²) < 4.78 is 16.3. The van der Waals surface area contributed by atoms with E-state index >= 15 is 0 Å². The number of carbonyl (C=O) groups excluding carboxylic acids is 1. The van der Waals surface area contributed by atoms with Crippen molar-refractivity contribution in [2.45, 2.75) is 25.5 Å². The number of amides is 1. The van der Waals surface area contributed by atoms with Gasteiger partial charge in [0.1, 0.15) is 36.6 Å². The molecule has 4 N–H and O–H groups in total. The molecule has 0 saturated heterocycles. The molecule has 0 fully saturated rings. The van der Waals surface area contributed by atoms with Crippen LogP contribution in [0, 0.1) is 0 Å². The average Bonchev–Trinajstić information content (AvgIpc) is 2.89. The Hall–Kier alpha value is -3.59. The van der Waals surface area contributed by atoms with Crippen LogP contribution in [0.1, 0.15) is 27.9 Å². The van der Waals surface area contributed by atoms with Crippen molar-refractivity contribution in [3.8, 4) is 17.2 Å². The summed E-state index contributed by atoms with van der Waals surface area (Å²) in [4.78, 5) is 13.7. The maximum atomic E-state index is 11.5. The molecule has 0 radical (unpaired) electrons. The van der Waals surface area contributed by atoms with Crippen LogP contribution in [0.5, 0.6) is 17.2 Å². The number of rotatable bonds is 16. The zero-order chi connectivity index (χ0) is 26.5. The van der Waals surface area contributed by atoms with Gasteiger partial charge >= 0.3 is 0 Å². The number of benzene rings is 3. The first-order chi connectivity index (χ1) is 17.9. The second kappa shape index (κ2) is 14.8. The largest absolute Gasteiger partial charge is 0.507 e. The Morgan fingerprint density at radius 3 is 2.32 bits per heavy atom. The Morgan fingerprint density at radius 1 is 0.946 bits per heavy atom. The first-order valence-electron chi connectivity index (χ1n) is 12.3. The summed E-state index contributed by atoms with van der Waals surface area (Å²) in [5.74, 6) is 0.626. The minimum Gasteiger partial charge on any atom is -0.507 e. The molecule has 8 nitrogen and oxygen atoms in total. The molecule has 0 aliphatic carbocycles. The second-order valence-electron chi connectivity index (χ2n) is 8.82. The first-order valence-corrected chi connectivity index (χ1v) is 12.3. The summed E-state index contributed by atoms with van der Waals surface area (Å²) >= 11 is 0. The molecule has 3 rings (SSSR count). The van der Waals surface area contributed by atoms with Crippen molar-refractivity contribution in [3.05, 3.63) is 89.5 Å². The van der Waals surface area contributed by atoms with Crippen LogP contribution in [0.15, 0.2) is 72.8 Å². The maximum absolute atomic E-state index is 11.5. The number of aryl methyl sites for hydroxylation is 1. The van der Waals surface area contributed by atoms with E-state index in [0.29, 0.717) is 38.5 Å². The Bertz CT molecular complexity index is 1090. The van der Waals surface area contributed by atoms with E-state index < -0.39 is 12.0 Å². The lowest BCUT2D eigenvalue weighted by molar-refractivity contribution is 0.0651. The van der Waals surface area contributed by atoms with Gasteiger partial charge < -0.3 is 30.2 Å². The zero-order valence-corrected chi connectivity index (χ0v) is 21.2. The summed E-state index contributed by atoms with van der Waals surface area (Å²) in [7, 11) is 1.63. The molecular weight excluding hydrogens is 472 g/mol. The van der Waals surface area contributed by atoms with Gasteiger partial charge in [-0.05, 0) is 66.9 Å². The van der Waals surface area contributed by atoms with Crippen molar-refractivity contribution >= 4 is 5.91 Å². The van der Waals surface area contributed by atoms with Crippen molar-refractivity contribution in [3.63, 3.8) is 0 Å². The lowest BCUT2D eigenvalue weighted by Gasteiger charge is -2.25. The molecule has 3 aromatic carbocycles. The molecule has 198 valence electrons. The third-order valence-corrected chi connectivity index (χ3v) is 5.81. The van der Waals surface area contributed by atoms with E-state index in [4.69, 9.17) is 19.9 Å². The lowest BCUT2D eigenvalue weighted by Crippen LogP contribution is -2.36. The standard InChI is InChI=1S/C29H36N2O6/c1-35-16-17-36-25-10-12-26(13-11-25)37-21-24(32)20-31(19-23-6-3-2-4-7-23)15-5-8-22-9-14-28(33)27(18-22)29(30)34/h2-4,6-7,9-14,18,24,32-33H,5,8,15-17,19-21H2,1H3,(H2,30,34). The van der Waals surface area contributed by atoms with Crippen LogP contribution in [-0.2, 0) is 17.7 Å². The van der Waals surface area contributed by atoms with Crippen molar-refractivity contribution < 1.29 is 29.2 Å². The van der Waals surface area contributed by atoms with Crippen LogP contribution >= 0.6 is 0 Å². The fourth-order valence-corrected chi connectivity index (χ4v) is 3.94. The van der Waals surface area contributed by atoms with Gasteiger partial charge in [-0.3, -0.25) is 9.69 Å². The molecule has 0 aliphatic rings. The van der Waals surface area contributed by atoms with Crippen molar-refractivity contribution in [2.75, 3.05) is 40.0 Å². The monoisotopic (exact) mass is 508 g/mol. The van der Waals surface area contributed by atoms with E-state index in [1.54, 1.807) is 19.2 Å². The summed E-state index contributed by atoms with van der Waals surface area (Å²) in [6.45, 7) is 3.02.